The molecule has 0 amide bonds. The first kappa shape index (κ1) is 24.0. The Morgan fingerprint density at radius 3 is 2.26 bits per heavy atom. The van der Waals surface area contributed by atoms with Crippen LogP contribution in [-0.2, 0) is 13.0 Å². The molecule has 2 aromatic carbocycles. The number of rotatable bonds is 8. The van der Waals surface area contributed by atoms with Crippen molar-refractivity contribution in [3.8, 4) is 0 Å². The fourth-order valence-corrected chi connectivity index (χ4v) is 3.38. The summed E-state index contributed by atoms with van der Waals surface area (Å²) in [5, 5.41) is 6.68. The van der Waals surface area contributed by atoms with Gasteiger partial charge in [0.25, 0.3) is 0 Å². The van der Waals surface area contributed by atoms with Crippen molar-refractivity contribution >= 4 is 17.5 Å². The number of hydrogen-bond acceptors (Lipinski definition) is 4. The Morgan fingerprint density at radius 2 is 1.68 bits per heavy atom. The van der Waals surface area contributed by atoms with Crippen LogP contribution in [0.25, 0.3) is 5.57 Å². The molecule has 0 unspecified atom stereocenters. The SMILES string of the molecule is C=C/C(=C1/N=CC=C(NCc2ccc(CCC)cc2)N1C)c1ccc(NC)cc1.CC. The third-order valence-electron chi connectivity index (χ3n) is 5.07. The van der Waals surface area contributed by atoms with Crippen molar-refractivity contribution < 1.29 is 0 Å². The van der Waals surface area contributed by atoms with Gasteiger partial charge in [-0.2, -0.15) is 0 Å². The van der Waals surface area contributed by atoms with Crippen LogP contribution in [0.3, 0.4) is 0 Å². The van der Waals surface area contributed by atoms with Crippen LogP contribution < -0.4 is 10.6 Å². The average Bonchev–Trinajstić information content (AvgIpc) is 2.82. The Balaban J connectivity index is 0.00000166. The normalized spacial score (nSPS) is 14.2. The molecule has 0 radical (unpaired) electrons. The molecule has 0 spiro atoms. The molecule has 164 valence electrons. The maximum Gasteiger partial charge on any atom is 0.141 e. The number of nitrogens with zero attached hydrogens (tertiary/aromatic N) is 2. The molecule has 2 N–H and O–H groups in total. The molecule has 4 nitrogen and oxygen atoms in total. The Morgan fingerprint density at radius 1 is 1.03 bits per heavy atom. The molecule has 0 aliphatic carbocycles. The molecule has 0 bridgehead atoms. The summed E-state index contributed by atoms with van der Waals surface area (Å²) in [4.78, 5) is 6.69. The number of allylic oxidation sites excluding steroid dienone is 3. The highest BCUT2D eigenvalue weighted by atomic mass is 15.3. The fraction of sp³-hybridized carbons (Fsp3) is 0.296. The molecule has 31 heavy (non-hydrogen) atoms. The van der Waals surface area contributed by atoms with Gasteiger partial charge in [0.1, 0.15) is 11.6 Å². The van der Waals surface area contributed by atoms with Gasteiger partial charge in [-0.15, -0.1) is 0 Å². The maximum absolute atomic E-state index is 4.62. The molecule has 2 aromatic rings. The smallest absolute Gasteiger partial charge is 0.141 e. The Kier molecular flexibility index (Phi) is 9.63. The van der Waals surface area contributed by atoms with Crippen molar-refractivity contribution in [1.82, 2.24) is 10.2 Å². The van der Waals surface area contributed by atoms with Crippen LogP contribution in [0.4, 0.5) is 5.69 Å². The van der Waals surface area contributed by atoms with Gasteiger partial charge in [0.15, 0.2) is 0 Å². The summed E-state index contributed by atoms with van der Waals surface area (Å²) in [6.07, 6.45) is 8.01. The quantitative estimate of drug-likeness (QED) is 0.537. The molecule has 3 rings (SSSR count). The number of hydrogen-bond donors (Lipinski definition) is 2. The van der Waals surface area contributed by atoms with Gasteiger partial charge in [0.2, 0.25) is 0 Å². The number of anilines is 1. The molecule has 0 atom stereocenters. The molecular weight excluding hydrogens is 380 g/mol. The summed E-state index contributed by atoms with van der Waals surface area (Å²) < 4.78 is 0. The number of nitrogens with one attached hydrogen (secondary N) is 2. The number of aliphatic imine (C=N–C) groups is 1. The van der Waals surface area contributed by atoms with Crippen LogP contribution in [0.2, 0.25) is 0 Å². The number of benzene rings is 2. The van der Waals surface area contributed by atoms with Crippen LogP contribution in [0.5, 0.6) is 0 Å². The molecule has 4 heteroatoms. The van der Waals surface area contributed by atoms with E-state index in [1.807, 2.05) is 46.3 Å². The first-order chi connectivity index (χ1) is 15.2. The van der Waals surface area contributed by atoms with E-state index < -0.39 is 0 Å². The molecular formula is C27H36N4. The van der Waals surface area contributed by atoms with Gasteiger partial charge in [-0.25, -0.2) is 4.99 Å². The Labute approximate surface area is 188 Å². The standard InChI is InChI=1S/C25H30N4.C2H6/c1-5-7-19-8-10-20(11-9-19)18-28-24-16-17-27-25(29(24)4)23(6-2)21-12-14-22(26-3)15-13-21;1-2/h6,8-17,26,28H,2,5,7,18H2,1,3-4H3;1-2H3/b25-23+;. The van der Waals surface area contributed by atoms with E-state index >= 15 is 0 Å². The zero-order valence-corrected chi connectivity index (χ0v) is 19.6. The molecule has 1 heterocycles. The lowest BCUT2D eigenvalue weighted by Gasteiger charge is -2.28. The van der Waals surface area contributed by atoms with Gasteiger partial charge in [-0.1, -0.05) is 76.2 Å². The zero-order valence-electron chi connectivity index (χ0n) is 19.6. The lowest BCUT2D eigenvalue weighted by Crippen LogP contribution is -2.30. The van der Waals surface area contributed by atoms with Crippen molar-refractivity contribution in [3.63, 3.8) is 0 Å². The lowest BCUT2D eigenvalue weighted by atomic mass is 10.0. The van der Waals surface area contributed by atoms with E-state index in [0.29, 0.717) is 0 Å². The molecule has 0 fully saturated rings. The molecule has 0 saturated carbocycles. The van der Waals surface area contributed by atoms with Crippen LogP contribution >= 0.6 is 0 Å². The van der Waals surface area contributed by atoms with E-state index in [4.69, 9.17) is 0 Å². The minimum atomic E-state index is 0.768. The summed E-state index contributed by atoms with van der Waals surface area (Å²) in [5.74, 6) is 1.89. The van der Waals surface area contributed by atoms with E-state index in [0.717, 1.165) is 41.4 Å². The fourth-order valence-electron chi connectivity index (χ4n) is 3.38. The van der Waals surface area contributed by atoms with Crippen molar-refractivity contribution in [3.05, 3.63) is 95.6 Å². The summed E-state index contributed by atoms with van der Waals surface area (Å²) in [6, 6.07) is 17.1. The molecule has 1 aliphatic heterocycles. The predicted molar refractivity (Wildman–Crippen MR) is 136 cm³/mol. The van der Waals surface area contributed by atoms with Gasteiger partial charge >= 0.3 is 0 Å². The first-order valence-corrected chi connectivity index (χ1v) is 11.1. The van der Waals surface area contributed by atoms with E-state index in [9.17, 15) is 0 Å². The lowest BCUT2D eigenvalue weighted by molar-refractivity contribution is 0.461. The third-order valence-corrected chi connectivity index (χ3v) is 5.07. The molecule has 0 saturated heterocycles. The molecule has 0 aromatic heterocycles. The van der Waals surface area contributed by atoms with Gasteiger partial charge in [0, 0.05) is 38.1 Å². The third kappa shape index (κ3) is 6.35. The van der Waals surface area contributed by atoms with Crippen LogP contribution in [-0.4, -0.2) is 25.2 Å². The largest absolute Gasteiger partial charge is 0.388 e. The summed E-state index contributed by atoms with van der Waals surface area (Å²) in [7, 11) is 3.95. The zero-order chi connectivity index (χ0) is 22.6. The first-order valence-electron chi connectivity index (χ1n) is 11.1. The van der Waals surface area contributed by atoms with Crippen molar-refractivity contribution in [1.29, 1.82) is 0 Å². The Hall–Kier alpha value is -3.27. The predicted octanol–water partition coefficient (Wildman–Crippen LogP) is 6.21. The van der Waals surface area contributed by atoms with Crippen molar-refractivity contribution in [2.24, 2.45) is 4.99 Å². The Bertz CT molecular complexity index is 919. The second kappa shape index (κ2) is 12.4. The minimum Gasteiger partial charge on any atom is -0.388 e. The summed E-state index contributed by atoms with van der Waals surface area (Å²) >= 11 is 0. The van der Waals surface area contributed by atoms with E-state index in [1.54, 1.807) is 0 Å². The van der Waals surface area contributed by atoms with E-state index in [-0.39, 0.29) is 0 Å². The highest BCUT2D eigenvalue weighted by molar-refractivity contribution is 5.82. The van der Waals surface area contributed by atoms with Crippen LogP contribution in [0.1, 0.15) is 43.9 Å². The van der Waals surface area contributed by atoms with Gasteiger partial charge in [-0.05, 0) is 41.3 Å². The molecule has 1 aliphatic rings. The summed E-state index contributed by atoms with van der Waals surface area (Å²) in [5.41, 5.74) is 5.82. The van der Waals surface area contributed by atoms with Gasteiger partial charge < -0.3 is 15.5 Å². The summed E-state index contributed by atoms with van der Waals surface area (Å²) in [6.45, 7) is 11.0. The monoisotopic (exact) mass is 416 g/mol. The number of aryl methyl sites for hydroxylation is 1. The minimum absolute atomic E-state index is 0.768. The van der Waals surface area contributed by atoms with Crippen molar-refractivity contribution in [2.75, 3.05) is 19.4 Å². The maximum atomic E-state index is 4.62. The van der Waals surface area contributed by atoms with E-state index in [1.165, 1.54) is 17.5 Å². The van der Waals surface area contributed by atoms with Gasteiger partial charge in [0.05, 0.1) is 0 Å². The second-order valence-electron chi connectivity index (χ2n) is 7.08. The highest BCUT2D eigenvalue weighted by Crippen LogP contribution is 2.27. The van der Waals surface area contributed by atoms with Crippen molar-refractivity contribution in [2.45, 2.75) is 40.2 Å². The highest BCUT2D eigenvalue weighted by Gasteiger charge is 2.16. The second-order valence-corrected chi connectivity index (χ2v) is 7.08. The van der Waals surface area contributed by atoms with Crippen LogP contribution in [0.15, 0.2) is 83.9 Å². The average molecular weight is 417 g/mol. The van der Waals surface area contributed by atoms with E-state index in [2.05, 4.69) is 82.6 Å². The topological polar surface area (TPSA) is 39.7 Å². The van der Waals surface area contributed by atoms with Crippen LogP contribution in [0, 0.1) is 0 Å². The van der Waals surface area contributed by atoms with Gasteiger partial charge in [-0.3, -0.25) is 0 Å².